The van der Waals surface area contributed by atoms with Gasteiger partial charge in [0, 0.05) is 25.3 Å². The summed E-state index contributed by atoms with van der Waals surface area (Å²) >= 11 is 0. The van der Waals surface area contributed by atoms with Crippen molar-refractivity contribution in [2.45, 2.75) is 24.4 Å². The molecule has 3 rings (SSSR count). The molecule has 0 aromatic rings. The highest BCUT2D eigenvalue weighted by molar-refractivity contribution is 5.09. The van der Waals surface area contributed by atoms with Gasteiger partial charge in [-0.15, -0.1) is 0 Å². The van der Waals surface area contributed by atoms with Gasteiger partial charge < -0.3 is 10.5 Å². The molecular weight excluding hydrogens is 178 g/mol. The summed E-state index contributed by atoms with van der Waals surface area (Å²) in [5.41, 5.74) is 6.12. The Balaban J connectivity index is 1.67. The molecule has 0 aromatic carbocycles. The topological polar surface area (TPSA) is 41.7 Å². The highest BCUT2D eigenvalue weighted by Gasteiger charge is 2.52. The zero-order valence-electron chi connectivity index (χ0n) is 8.61. The minimum absolute atomic E-state index is 0.480. The molecule has 0 radical (unpaired) electrons. The first-order valence-electron chi connectivity index (χ1n) is 5.61. The fourth-order valence-corrected chi connectivity index (χ4v) is 3.19. The number of nitrogens with zero attached hydrogens (tertiary/aromatic N) is 2. The van der Waals surface area contributed by atoms with Crippen molar-refractivity contribution < 1.29 is 4.74 Å². The molecule has 0 atom stereocenters. The van der Waals surface area contributed by atoms with Crippen molar-refractivity contribution in [2.75, 3.05) is 39.5 Å². The highest BCUT2D eigenvalue weighted by atomic mass is 16.5. The van der Waals surface area contributed by atoms with E-state index >= 15 is 0 Å². The van der Waals surface area contributed by atoms with Crippen LogP contribution in [0.25, 0.3) is 0 Å². The van der Waals surface area contributed by atoms with E-state index in [0.29, 0.717) is 11.6 Å². The number of hydrogen-bond acceptors (Lipinski definition) is 4. The van der Waals surface area contributed by atoms with E-state index in [9.17, 15) is 0 Å². The molecule has 0 aromatic heterocycles. The van der Waals surface area contributed by atoms with Crippen LogP contribution < -0.4 is 5.73 Å². The van der Waals surface area contributed by atoms with Crippen LogP contribution in [0.1, 0.15) is 12.8 Å². The third-order valence-corrected chi connectivity index (χ3v) is 4.01. The van der Waals surface area contributed by atoms with Crippen LogP contribution in [0.5, 0.6) is 0 Å². The predicted molar refractivity (Wildman–Crippen MR) is 53.9 cm³/mol. The fraction of sp³-hybridized carbons (Fsp3) is 1.00. The van der Waals surface area contributed by atoms with Crippen molar-refractivity contribution in [3.05, 3.63) is 0 Å². The van der Waals surface area contributed by atoms with Crippen LogP contribution in [0.3, 0.4) is 0 Å². The maximum Gasteiger partial charge on any atom is 0.0645 e. The van der Waals surface area contributed by atoms with Gasteiger partial charge in [0.15, 0.2) is 0 Å². The molecule has 3 fully saturated rings. The lowest BCUT2D eigenvalue weighted by Gasteiger charge is -2.56. The molecule has 0 aliphatic carbocycles. The molecule has 80 valence electrons. The summed E-state index contributed by atoms with van der Waals surface area (Å²) in [6, 6.07) is 0.706. The van der Waals surface area contributed by atoms with E-state index < -0.39 is 0 Å². The van der Waals surface area contributed by atoms with Crippen molar-refractivity contribution in [1.82, 2.24) is 9.80 Å². The normalized spacial score (nSPS) is 33.2. The maximum atomic E-state index is 5.64. The van der Waals surface area contributed by atoms with Crippen molar-refractivity contribution in [2.24, 2.45) is 5.73 Å². The van der Waals surface area contributed by atoms with E-state index in [1.807, 2.05) is 0 Å². The van der Waals surface area contributed by atoms with Gasteiger partial charge in [0.05, 0.1) is 19.3 Å². The Morgan fingerprint density at radius 1 is 1.36 bits per heavy atom. The largest absolute Gasteiger partial charge is 0.378 e. The first kappa shape index (κ1) is 9.09. The zero-order chi connectivity index (χ0) is 9.60. The standard InChI is InChI=1S/C10H19N3O/c11-8-12-6-10(7-12)2-1-3-13(10)9-4-14-5-9/h9H,1-8,11H2. The van der Waals surface area contributed by atoms with E-state index in [0.717, 1.165) is 19.9 Å². The molecular formula is C10H19N3O. The van der Waals surface area contributed by atoms with E-state index in [4.69, 9.17) is 10.5 Å². The molecule has 3 aliphatic rings. The third-order valence-electron chi connectivity index (χ3n) is 4.01. The van der Waals surface area contributed by atoms with Crippen LogP contribution >= 0.6 is 0 Å². The lowest BCUT2D eigenvalue weighted by molar-refractivity contribution is -0.127. The molecule has 0 saturated carbocycles. The van der Waals surface area contributed by atoms with E-state index in [2.05, 4.69) is 9.80 Å². The summed E-state index contributed by atoms with van der Waals surface area (Å²) in [6.45, 7) is 6.25. The van der Waals surface area contributed by atoms with Gasteiger partial charge in [-0.2, -0.15) is 0 Å². The molecule has 0 unspecified atom stereocenters. The monoisotopic (exact) mass is 197 g/mol. The van der Waals surface area contributed by atoms with Gasteiger partial charge in [-0.3, -0.25) is 9.80 Å². The average Bonchev–Trinajstić information content (AvgIpc) is 2.42. The summed E-state index contributed by atoms with van der Waals surface area (Å²) in [5, 5.41) is 0. The van der Waals surface area contributed by atoms with Crippen LogP contribution in [-0.4, -0.2) is 60.9 Å². The lowest BCUT2D eigenvalue weighted by atomic mass is 9.86. The number of nitrogens with two attached hydrogens (primary N) is 1. The Morgan fingerprint density at radius 2 is 2.14 bits per heavy atom. The van der Waals surface area contributed by atoms with Gasteiger partial charge in [0.1, 0.15) is 0 Å². The summed E-state index contributed by atoms with van der Waals surface area (Å²) < 4.78 is 5.28. The molecule has 2 N–H and O–H groups in total. The smallest absolute Gasteiger partial charge is 0.0645 e. The van der Waals surface area contributed by atoms with Gasteiger partial charge >= 0.3 is 0 Å². The van der Waals surface area contributed by atoms with Crippen LogP contribution in [0.4, 0.5) is 0 Å². The summed E-state index contributed by atoms with van der Waals surface area (Å²) in [4.78, 5) is 5.01. The third kappa shape index (κ3) is 1.15. The maximum absolute atomic E-state index is 5.64. The van der Waals surface area contributed by atoms with Crippen LogP contribution in [-0.2, 0) is 4.74 Å². The number of hydrogen-bond donors (Lipinski definition) is 1. The second-order valence-corrected chi connectivity index (χ2v) is 4.88. The average molecular weight is 197 g/mol. The Morgan fingerprint density at radius 3 is 2.71 bits per heavy atom. The molecule has 4 nitrogen and oxygen atoms in total. The van der Waals surface area contributed by atoms with Gasteiger partial charge in [-0.05, 0) is 19.4 Å². The lowest BCUT2D eigenvalue weighted by Crippen LogP contribution is -2.72. The Labute approximate surface area is 85.0 Å². The van der Waals surface area contributed by atoms with Gasteiger partial charge in [-0.1, -0.05) is 0 Å². The number of rotatable bonds is 2. The summed E-state index contributed by atoms with van der Waals surface area (Å²) in [6.07, 6.45) is 2.72. The van der Waals surface area contributed by atoms with Crippen molar-refractivity contribution >= 4 is 0 Å². The van der Waals surface area contributed by atoms with Crippen LogP contribution in [0.2, 0.25) is 0 Å². The summed E-state index contributed by atoms with van der Waals surface area (Å²) in [7, 11) is 0. The molecule has 1 spiro atoms. The van der Waals surface area contributed by atoms with E-state index in [-0.39, 0.29) is 0 Å². The predicted octanol–water partition coefficient (Wildman–Crippen LogP) is -0.548. The SMILES string of the molecule is NCN1CC2(CCCN2C2COC2)C1. The molecule has 3 heterocycles. The molecule has 3 saturated heterocycles. The molecule has 0 amide bonds. The quantitative estimate of drug-likeness (QED) is 0.645. The first-order chi connectivity index (χ1) is 6.84. The van der Waals surface area contributed by atoms with Gasteiger partial charge in [-0.25, -0.2) is 0 Å². The van der Waals surface area contributed by atoms with Gasteiger partial charge in [0.2, 0.25) is 0 Å². The minimum atomic E-state index is 0.480. The zero-order valence-corrected chi connectivity index (χ0v) is 8.61. The van der Waals surface area contributed by atoms with Crippen molar-refractivity contribution in [3.8, 4) is 0 Å². The minimum Gasteiger partial charge on any atom is -0.378 e. The molecule has 4 heteroatoms. The van der Waals surface area contributed by atoms with Crippen molar-refractivity contribution in [3.63, 3.8) is 0 Å². The van der Waals surface area contributed by atoms with E-state index in [1.165, 1.54) is 32.5 Å². The number of ether oxygens (including phenoxy) is 1. The highest BCUT2D eigenvalue weighted by Crippen LogP contribution is 2.39. The van der Waals surface area contributed by atoms with Crippen LogP contribution in [0.15, 0.2) is 0 Å². The fourth-order valence-electron chi connectivity index (χ4n) is 3.19. The first-order valence-corrected chi connectivity index (χ1v) is 5.61. The molecule has 0 bridgehead atoms. The van der Waals surface area contributed by atoms with Crippen molar-refractivity contribution in [1.29, 1.82) is 0 Å². The second kappa shape index (κ2) is 3.17. The Hall–Kier alpha value is -0.160. The summed E-state index contributed by atoms with van der Waals surface area (Å²) in [5.74, 6) is 0. The van der Waals surface area contributed by atoms with Gasteiger partial charge in [0.25, 0.3) is 0 Å². The Kier molecular flexibility index (Phi) is 2.06. The second-order valence-electron chi connectivity index (χ2n) is 4.88. The van der Waals surface area contributed by atoms with Crippen LogP contribution in [0, 0.1) is 0 Å². The molecule has 3 aliphatic heterocycles. The van der Waals surface area contributed by atoms with E-state index in [1.54, 1.807) is 0 Å². The molecule has 14 heavy (non-hydrogen) atoms. The Bertz CT molecular complexity index is 223. The number of likely N-dealkylation sites (tertiary alicyclic amines) is 2.